The second kappa shape index (κ2) is 5.32. The van der Waals surface area contributed by atoms with Gasteiger partial charge in [-0.05, 0) is 25.2 Å². The fourth-order valence-electron chi connectivity index (χ4n) is 1.69. The van der Waals surface area contributed by atoms with E-state index in [9.17, 15) is 4.79 Å². The van der Waals surface area contributed by atoms with E-state index in [4.69, 9.17) is 10.8 Å². The highest BCUT2D eigenvalue weighted by atomic mass is 16.3. The molecule has 1 unspecified atom stereocenters. The van der Waals surface area contributed by atoms with Crippen molar-refractivity contribution >= 4 is 5.91 Å². The SMILES string of the molecule is CCCC(N)C(=O)NCC1CC(O)C1. The Kier molecular flexibility index (Phi) is 4.35. The molecule has 1 aliphatic carbocycles. The molecule has 4 N–H and O–H groups in total. The maximum atomic E-state index is 11.4. The molecule has 1 atom stereocenters. The molecular formula is C10H20N2O2. The fourth-order valence-corrected chi connectivity index (χ4v) is 1.69. The average molecular weight is 200 g/mol. The highest BCUT2D eigenvalue weighted by Crippen LogP contribution is 2.25. The van der Waals surface area contributed by atoms with E-state index in [1.54, 1.807) is 0 Å². The molecule has 0 aromatic heterocycles. The van der Waals surface area contributed by atoms with E-state index in [1.165, 1.54) is 0 Å². The first-order valence-corrected chi connectivity index (χ1v) is 5.34. The number of carbonyl (C=O) groups is 1. The molecule has 0 bridgehead atoms. The molecule has 1 rings (SSSR count). The number of hydrogen-bond donors (Lipinski definition) is 3. The van der Waals surface area contributed by atoms with Crippen molar-refractivity contribution in [3.8, 4) is 0 Å². The summed E-state index contributed by atoms with van der Waals surface area (Å²) in [5.74, 6) is 0.385. The first-order chi connectivity index (χ1) is 6.63. The van der Waals surface area contributed by atoms with E-state index in [0.717, 1.165) is 25.7 Å². The van der Waals surface area contributed by atoms with Gasteiger partial charge in [0.2, 0.25) is 5.91 Å². The van der Waals surface area contributed by atoms with Crippen molar-refractivity contribution in [1.29, 1.82) is 0 Å². The van der Waals surface area contributed by atoms with Gasteiger partial charge in [0.25, 0.3) is 0 Å². The molecule has 14 heavy (non-hydrogen) atoms. The van der Waals surface area contributed by atoms with Gasteiger partial charge in [-0.3, -0.25) is 4.79 Å². The summed E-state index contributed by atoms with van der Waals surface area (Å²) in [6, 6.07) is -0.370. The Morgan fingerprint density at radius 1 is 1.64 bits per heavy atom. The zero-order valence-corrected chi connectivity index (χ0v) is 8.70. The van der Waals surface area contributed by atoms with Crippen LogP contribution >= 0.6 is 0 Å². The number of aliphatic hydroxyl groups excluding tert-OH is 1. The van der Waals surface area contributed by atoms with E-state index in [2.05, 4.69) is 5.32 Å². The highest BCUT2D eigenvalue weighted by Gasteiger charge is 2.27. The molecule has 1 fully saturated rings. The van der Waals surface area contributed by atoms with Gasteiger partial charge in [-0.15, -0.1) is 0 Å². The summed E-state index contributed by atoms with van der Waals surface area (Å²) in [4.78, 5) is 11.4. The molecule has 82 valence electrons. The predicted octanol–water partition coefficient (Wildman–Crippen LogP) is 0.000900. The van der Waals surface area contributed by atoms with E-state index in [0.29, 0.717) is 12.5 Å². The summed E-state index contributed by atoms with van der Waals surface area (Å²) in [7, 11) is 0. The van der Waals surface area contributed by atoms with Crippen LogP contribution in [0.5, 0.6) is 0 Å². The molecule has 0 saturated heterocycles. The highest BCUT2D eigenvalue weighted by molar-refractivity contribution is 5.81. The largest absolute Gasteiger partial charge is 0.393 e. The number of nitrogens with one attached hydrogen (secondary N) is 1. The van der Waals surface area contributed by atoms with Crippen LogP contribution in [0.3, 0.4) is 0 Å². The Balaban J connectivity index is 2.08. The van der Waals surface area contributed by atoms with Crippen molar-refractivity contribution in [2.45, 2.75) is 44.8 Å². The van der Waals surface area contributed by atoms with Gasteiger partial charge in [-0.2, -0.15) is 0 Å². The Hall–Kier alpha value is -0.610. The Morgan fingerprint density at radius 2 is 2.29 bits per heavy atom. The Bertz CT molecular complexity index is 191. The zero-order chi connectivity index (χ0) is 10.6. The van der Waals surface area contributed by atoms with E-state index in [-0.39, 0.29) is 18.1 Å². The normalized spacial score (nSPS) is 27.9. The molecular weight excluding hydrogens is 180 g/mol. The van der Waals surface area contributed by atoms with Crippen molar-refractivity contribution < 1.29 is 9.90 Å². The quantitative estimate of drug-likeness (QED) is 0.585. The molecule has 4 heteroatoms. The number of carbonyl (C=O) groups excluding carboxylic acids is 1. The number of amides is 1. The van der Waals surface area contributed by atoms with Gasteiger partial charge in [-0.1, -0.05) is 13.3 Å². The molecule has 4 nitrogen and oxygen atoms in total. The van der Waals surface area contributed by atoms with Crippen molar-refractivity contribution in [3.63, 3.8) is 0 Å². The smallest absolute Gasteiger partial charge is 0.236 e. The lowest BCUT2D eigenvalue weighted by molar-refractivity contribution is -0.123. The van der Waals surface area contributed by atoms with Crippen LogP contribution in [0.4, 0.5) is 0 Å². The minimum atomic E-state index is -0.370. The van der Waals surface area contributed by atoms with Crippen LogP contribution in [-0.4, -0.2) is 29.7 Å². The summed E-state index contributed by atoms with van der Waals surface area (Å²) in [6.45, 7) is 2.67. The van der Waals surface area contributed by atoms with Gasteiger partial charge in [0.1, 0.15) is 0 Å². The fraction of sp³-hybridized carbons (Fsp3) is 0.900. The maximum Gasteiger partial charge on any atom is 0.236 e. The third-order valence-corrected chi connectivity index (χ3v) is 2.71. The van der Waals surface area contributed by atoms with Crippen molar-refractivity contribution in [1.82, 2.24) is 5.32 Å². The first kappa shape index (κ1) is 11.5. The topological polar surface area (TPSA) is 75.4 Å². The van der Waals surface area contributed by atoms with Crippen LogP contribution in [-0.2, 0) is 4.79 Å². The lowest BCUT2D eigenvalue weighted by Crippen LogP contribution is -2.45. The number of aliphatic hydroxyl groups is 1. The second-order valence-corrected chi connectivity index (χ2v) is 4.13. The minimum absolute atomic E-state index is 0.0618. The summed E-state index contributed by atoms with van der Waals surface area (Å²) < 4.78 is 0. The van der Waals surface area contributed by atoms with E-state index in [1.807, 2.05) is 6.92 Å². The Labute approximate surface area is 84.9 Å². The summed E-state index contributed by atoms with van der Waals surface area (Å²) in [6.07, 6.45) is 3.13. The second-order valence-electron chi connectivity index (χ2n) is 4.13. The van der Waals surface area contributed by atoms with Crippen LogP contribution in [0, 0.1) is 5.92 Å². The average Bonchev–Trinajstić information content (AvgIpc) is 2.10. The molecule has 0 heterocycles. The number of rotatable bonds is 5. The van der Waals surface area contributed by atoms with Crippen LogP contribution < -0.4 is 11.1 Å². The molecule has 1 amide bonds. The summed E-state index contributed by atoms with van der Waals surface area (Å²) in [5.41, 5.74) is 5.64. The van der Waals surface area contributed by atoms with E-state index >= 15 is 0 Å². The monoisotopic (exact) mass is 200 g/mol. The van der Waals surface area contributed by atoms with Crippen LogP contribution in [0.2, 0.25) is 0 Å². The maximum absolute atomic E-state index is 11.4. The lowest BCUT2D eigenvalue weighted by atomic mass is 9.82. The van der Waals surface area contributed by atoms with Crippen molar-refractivity contribution in [2.24, 2.45) is 11.7 Å². The molecule has 0 spiro atoms. The number of hydrogen-bond acceptors (Lipinski definition) is 3. The van der Waals surface area contributed by atoms with Gasteiger partial charge in [0.05, 0.1) is 12.1 Å². The molecule has 0 aliphatic heterocycles. The van der Waals surface area contributed by atoms with E-state index < -0.39 is 0 Å². The lowest BCUT2D eigenvalue weighted by Gasteiger charge is -2.31. The van der Waals surface area contributed by atoms with Crippen LogP contribution in [0.1, 0.15) is 32.6 Å². The molecule has 0 aromatic rings. The third-order valence-electron chi connectivity index (χ3n) is 2.71. The molecule has 1 saturated carbocycles. The zero-order valence-electron chi connectivity index (χ0n) is 8.70. The standard InChI is InChI=1S/C10H20N2O2/c1-2-3-9(11)10(14)12-6-7-4-8(13)5-7/h7-9,13H,2-6,11H2,1H3,(H,12,14). The predicted molar refractivity (Wildman–Crippen MR) is 54.6 cm³/mol. The minimum Gasteiger partial charge on any atom is -0.393 e. The first-order valence-electron chi connectivity index (χ1n) is 5.34. The van der Waals surface area contributed by atoms with Gasteiger partial charge in [-0.25, -0.2) is 0 Å². The summed E-state index contributed by atoms with van der Waals surface area (Å²) >= 11 is 0. The van der Waals surface area contributed by atoms with Crippen molar-refractivity contribution in [2.75, 3.05) is 6.54 Å². The summed E-state index contributed by atoms with van der Waals surface area (Å²) in [5, 5.41) is 11.9. The number of nitrogens with two attached hydrogens (primary N) is 1. The van der Waals surface area contributed by atoms with Crippen LogP contribution in [0.25, 0.3) is 0 Å². The molecule has 1 aliphatic rings. The molecule has 0 radical (unpaired) electrons. The van der Waals surface area contributed by atoms with Gasteiger partial charge in [0.15, 0.2) is 0 Å². The molecule has 0 aromatic carbocycles. The van der Waals surface area contributed by atoms with Gasteiger partial charge in [0, 0.05) is 6.54 Å². The third kappa shape index (κ3) is 3.27. The van der Waals surface area contributed by atoms with Gasteiger partial charge < -0.3 is 16.2 Å². The van der Waals surface area contributed by atoms with Gasteiger partial charge >= 0.3 is 0 Å². The Morgan fingerprint density at radius 3 is 2.79 bits per heavy atom. The van der Waals surface area contributed by atoms with Crippen molar-refractivity contribution in [3.05, 3.63) is 0 Å². The van der Waals surface area contributed by atoms with Crippen LogP contribution in [0.15, 0.2) is 0 Å².